The van der Waals surface area contributed by atoms with Crippen molar-refractivity contribution in [1.29, 1.82) is 0 Å². The van der Waals surface area contributed by atoms with Crippen molar-refractivity contribution in [3.63, 3.8) is 0 Å². The van der Waals surface area contributed by atoms with E-state index in [0.29, 0.717) is 13.0 Å². The number of unbranched alkanes of at least 4 members (excludes halogenated alkanes) is 1. The Morgan fingerprint density at radius 2 is 1.97 bits per heavy atom. The third-order valence-electron chi connectivity index (χ3n) is 5.27. The zero-order chi connectivity index (χ0) is 21.9. The van der Waals surface area contributed by atoms with Gasteiger partial charge >= 0.3 is 6.09 Å². The lowest BCUT2D eigenvalue weighted by Gasteiger charge is -2.19. The number of anilines is 1. The zero-order valence-corrected chi connectivity index (χ0v) is 17.7. The van der Waals surface area contributed by atoms with E-state index in [0.717, 1.165) is 43.7 Å². The Bertz CT molecular complexity index is 818. The number of carbonyl (C=O) groups is 2. The Hall–Kier alpha value is -3.13. The molecular formula is C23H31N5O3. The zero-order valence-electron chi connectivity index (χ0n) is 17.7. The quantitative estimate of drug-likeness (QED) is 0.504. The number of hydrogen-bond donors (Lipinski definition) is 3. The number of aromatic nitrogens is 1. The lowest BCUT2D eigenvalue weighted by Crippen LogP contribution is -2.46. The number of carbonyl (C=O) groups excluding carboxylic acids is 2. The molecule has 4 N–H and O–H groups in total. The minimum absolute atomic E-state index is 0.0848. The molecule has 8 heteroatoms. The van der Waals surface area contributed by atoms with Gasteiger partial charge < -0.3 is 26.0 Å². The molecule has 0 spiro atoms. The molecule has 2 aromatic rings. The lowest BCUT2D eigenvalue weighted by atomic mass is 10.1. The number of pyridine rings is 1. The van der Waals surface area contributed by atoms with Crippen LogP contribution in [0.2, 0.25) is 0 Å². The van der Waals surface area contributed by atoms with Gasteiger partial charge in [0.05, 0.1) is 6.04 Å². The first-order valence-electron chi connectivity index (χ1n) is 10.8. The highest BCUT2D eigenvalue weighted by atomic mass is 16.5. The molecule has 2 amide bonds. The van der Waals surface area contributed by atoms with Gasteiger partial charge in [0.25, 0.3) is 0 Å². The summed E-state index contributed by atoms with van der Waals surface area (Å²) in [5.41, 5.74) is 6.99. The van der Waals surface area contributed by atoms with Gasteiger partial charge in [-0.2, -0.15) is 0 Å². The maximum Gasteiger partial charge on any atom is 0.407 e. The summed E-state index contributed by atoms with van der Waals surface area (Å²) in [6.07, 6.45) is 4.27. The fourth-order valence-corrected chi connectivity index (χ4v) is 3.52. The van der Waals surface area contributed by atoms with Gasteiger partial charge in [-0.05, 0) is 43.4 Å². The summed E-state index contributed by atoms with van der Waals surface area (Å²) in [7, 11) is 0. The van der Waals surface area contributed by atoms with E-state index in [1.165, 1.54) is 0 Å². The van der Waals surface area contributed by atoms with Crippen LogP contribution < -0.4 is 21.3 Å². The van der Waals surface area contributed by atoms with Gasteiger partial charge in [-0.15, -0.1) is 0 Å². The largest absolute Gasteiger partial charge is 0.445 e. The minimum Gasteiger partial charge on any atom is -0.445 e. The van der Waals surface area contributed by atoms with Crippen molar-refractivity contribution in [2.24, 2.45) is 5.73 Å². The first-order valence-corrected chi connectivity index (χ1v) is 10.8. The third kappa shape index (κ3) is 7.57. The van der Waals surface area contributed by atoms with Crippen LogP contribution in [0.25, 0.3) is 0 Å². The standard InChI is InChI=1S/C23H31N5O3/c24-20(10-4-6-14-26-23(30)31-17-18-8-2-1-3-9-18)22(29)27-19-12-15-28(16-19)21-11-5-7-13-25-21/h1-3,5,7-9,11,13,19-20H,4,6,10,12,14-17,24H2,(H,26,30)(H,27,29)/t19?,20-/m0/s1. The van der Waals surface area contributed by atoms with Crippen LogP contribution in [0.3, 0.4) is 0 Å². The number of ether oxygens (including phenoxy) is 1. The smallest absolute Gasteiger partial charge is 0.407 e. The Labute approximate surface area is 183 Å². The van der Waals surface area contributed by atoms with Crippen molar-refractivity contribution in [3.8, 4) is 0 Å². The van der Waals surface area contributed by atoms with Crippen molar-refractivity contribution in [2.75, 3.05) is 24.5 Å². The van der Waals surface area contributed by atoms with Gasteiger partial charge in [0.2, 0.25) is 5.91 Å². The fourth-order valence-electron chi connectivity index (χ4n) is 3.52. The van der Waals surface area contributed by atoms with Crippen molar-refractivity contribution in [3.05, 3.63) is 60.3 Å². The number of benzene rings is 1. The SMILES string of the molecule is N[C@@H](CCCCNC(=O)OCc1ccccc1)C(=O)NC1CCN(c2ccccn2)C1. The molecule has 2 heterocycles. The highest BCUT2D eigenvalue weighted by Gasteiger charge is 2.26. The van der Waals surface area contributed by atoms with E-state index in [9.17, 15) is 9.59 Å². The molecule has 31 heavy (non-hydrogen) atoms. The Kier molecular flexibility index (Phi) is 8.66. The normalized spacial score (nSPS) is 16.5. The van der Waals surface area contributed by atoms with Crippen molar-refractivity contribution >= 4 is 17.8 Å². The average molecular weight is 426 g/mol. The molecule has 0 saturated carbocycles. The molecule has 1 aliphatic rings. The van der Waals surface area contributed by atoms with E-state index in [4.69, 9.17) is 10.5 Å². The van der Waals surface area contributed by atoms with Crippen LogP contribution in [0.5, 0.6) is 0 Å². The molecule has 1 unspecified atom stereocenters. The molecule has 0 aliphatic carbocycles. The predicted octanol–water partition coefficient (Wildman–Crippen LogP) is 2.20. The molecule has 3 rings (SSSR count). The second kappa shape index (κ2) is 11.9. The first kappa shape index (κ1) is 22.6. The molecular weight excluding hydrogens is 394 g/mol. The van der Waals surface area contributed by atoms with E-state index < -0.39 is 12.1 Å². The average Bonchev–Trinajstić information content (AvgIpc) is 3.27. The molecule has 1 aromatic carbocycles. The van der Waals surface area contributed by atoms with Crippen molar-refractivity contribution in [2.45, 2.75) is 44.4 Å². The highest BCUT2D eigenvalue weighted by Crippen LogP contribution is 2.17. The molecule has 1 saturated heterocycles. The highest BCUT2D eigenvalue weighted by molar-refractivity contribution is 5.81. The van der Waals surface area contributed by atoms with Crippen LogP contribution in [0.15, 0.2) is 54.7 Å². The number of nitrogens with one attached hydrogen (secondary N) is 2. The Balaban J connectivity index is 1.25. The van der Waals surface area contributed by atoms with Gasteiger partial charge in [0, 0.05) is 31.9 Å². The number of nitrogens with zero attached hydrogens (tertiary/aromatic N) is 2. The number of alkyl carbamates (subject to hydrolysis) is 1. The van der Waals surface area contributed by atoms with E-state index >= 15 is 0 Å². The monoisotopic (exact) mass is 425 g/mol. The van der Waals surface area contributed by atoms with Crippen molar-refractivity contribution in [1.82, 2.24) is 15.6 Å². The Morgan fingerprint density at radius 3 is 2.74 bits per heavy atom. The maximum absolute atomic E-state index is 12.4. The minimum atomic E-state index is -0.547. The van der Waals surface area contributed by atoms with Crippen LogP contribution in [0.1, 0.15) is 31.2 Å². The van der Waals surface area contributed by atoms with E-state index in [2.05, 4.69) is 20.5 Å². The van der Waals surface area contributed by atoms with Gasteiger partial charge in [-0.25, -0.2) is 9.78 Å². The summed E-state index contributed by atoms with van der Waals surface area (Å²) in [5, 5.41) is 5.77. The van der Waals surface area contributed by atoms with Gasteiger partial charge in [0.1, 0.15) is 12.4 Å². The predicted molar refractivity (Wildman–Crippen MR) is 119 cm³/mol. The molecule has 166 valence electrons. The van der Waals surface area contributed by atoms with Gasteiger partial charge in [-0.1, -0.05) is 36.4 Å². The lowest BCUT2D eigenvalue weighted by molar-refractivity contribution is -0.123. The summed E-state index contributed by atoms with van der Waals surface area (Å²) in [4.78, 5) is 30.6. The van der Waals surface area contributed by atoms with Crippen LogP contribution in [0.4, 0.5) is 10.6 Å². The van der Waals surface area contributed by atoms with Crippen molar-refractivity contribution < 1.29 is 14.3 Å². The molecule has 0 bridgehead atoms. The molecule has 1 aromatic heterocycles. The number of hydrogen-bond acceptors (Lipinski definition) is 6. The third-order valence-corrected chi connectivity index (χ3v) is 5.27. The maximum atomic E-state index is 12.4. The van der Waals surface area contributed by atoms with Crippen LogP contribution in [-0.4, -0.2) is 48.7 Å². The second-order valence-corrected chi connectivity index (χ2v) is 7.72. The summed E-state index contributed by atoms with van der Waals surface area (Å²) in [6.45, 7) is 2.34. The number of nitrogens with two attached hydrogens (primary N) is 1. The summed E-state index contributed by atoms with van der Waals surface area (Å²) in [6, 6.07) is 14.9. The molecule has 2 atom stereocenters. The first-order chi connectivity index (χ1) is 15.1. The van der Waals surface area contributed by atoms with Crippen LogP contribution >= 0.6 is 0 Å². The number of rotatable bonds is 10. The topological polar surface area (TPSA) is 110 Å². The van der Waals surface area contributed by atoms with E-state index in [1.807, 2.05) is 48.5 Å². The molecule has 1 aliphatic heterocycles. The van der Waals surface area contributed by atoms with Crippen LogP contribution in [0, 0.1) is 0 Å². The molecule has 8 nitrogen and oxygen atoms in total. The Morgan fingerprint density at radius 1 is 1.16 bits per heavy atom. The van der Waals surface area contributed by atoms with Crippen LogP contribution in [-0.2, 0) is 16.1 Å². The second-order valence-electron chi connectivity index (χ2n) is 7.72. The van der Waals surface area contributed by atoms with Gasteiger partial charge in [0.15, 0.2) is 0 Å². The fraction of sp³-hybridized carbons (Fsp3) is 0.435. The van der Waals surface area contributed by atoms with Gasteiger partial charge in [-0.3, -0.25) is 4.79 Å². The van der Waals surface area contributed by atoms with E-state index in [1.54, 1.807) is 6.20 Å². The molecule has 0 radical (unpaired) electrons. The number of amides is 2. The summed E-state index contributed by atoms with van der Waals surface area (Å²) in [5.74, 6) is 0.807. The van der Waals surface area contributed by atoms with E-state index in [-0.39, 0.29) is 18.6 Å². The molecule has 1 fully saturated rings. The summed E-state index contributed by atoms with van der Waals surface area (Å²) < 4.78 is 5.16. The summed E-state index contributed by atoms with van der Waals surface area (Å²) >= 11 is 0.